The average molecular weight is 324 g/mol. The van der Waals surface area contributed by atoms with Gasteiger partial charge in [-0.15, -0.1) is 11.8 Å². The highest BCUT2D eigenvalue weighted by Crippen LogP contribution is 2.35. The maximum Gasteiger partial charge on any atom is 0.0693 e. The Balaban J connectivity index is 2.37. The van der Waals surface area contributed by atoms with Crippen molar-refractivity contribution < 1.29 is 0 Å². The van der Waals surface area contributed by atoms with E-state index in [0.717, 1.165) is 21.4 Å². The molecule has 0 N–H and O–H groups in total. The second-order valence-electron chi connectivity index (χ2n) is 2.75. The van der Waals surface area contributed by atoms with Gasteiger partial charge >= 0.3 is 0 Å². The van der Waals surface area contributed by atoms with Gasteiger partial charge in [-0.05, 0) is 31.9 Å². The van der Waals surface area contributed by atoms with Crippen molar-refractivity contribution in [3.8, 4) is 0 Å². The molecule has 13 heavy (non-hydrogen) atoms. The summed E-state index contributed by atoms with van der Waals surface area (Å²) in [6.07, 6.45) is 3.67. The van der Waals surface area contributed by atoms with Gasteiger partial charge in [0.05, 0.1) is 20.5 Å². The molecule has 5 heteroatoms. The molecule has 0 unspecified atom stereocenters. The van der Waals surface area contributed by atoms with Crippen molar-refractivity contribution in [2.24, 2.45) is 0 Å². The van der Waals surface area contributed by atoms with Gasteiger partial charge in [-0.1, -0.05) is 0 Å². The maximum atomic E-state index is 4.09. The number of aromatic nitrogens is 1. The lowest BCUT2D eigenvalue weighted by Crippen LogP contribution is -2.19. The van der Waals surface area contributed by atoms with E-state index < -0.39 is 0 Å². The van der Waals surface area contributed by atoms with Gasteiger partial charge in [-0.2, -0.15) is 0 Å². The van der Waals surface area contributed by atoms with Crippen molar-refractivity contribution >= 4 is 49.3 Å². The minimum absolute atomic E-state index is 1.06. The SMILES string of the molecule is Brc1cncc(Br)c1N1CCSC1. The number of halogens is 2. The highest BCUT2D eigenvalue weighted by Gasteiger charge is 2.17. The van der Waals surface area contributed by atoms with Gasteiger partial charge in [0.25, 0.3) is 0 Å². The number of hydrogen-bond acceptors (Lipinski definition) is 3. The van der Waals surface area contributed by atoms with E-state index in [-0.39, 0.29) is 0 Å². The van der Waals surface area contributed by atoms with E-state index in [1.165, 1.54) is 11.4 Å². The second kappa shape index (κ2) is 4.19. The van der Waals surface area contributed by atoms with Crippen molar-refractivity contribution in [3.05, 3.63) is 21.3 Å². The predicted molar refractivity (Wildman–Crippen MR) is 64.3 cm³/mol. The first-order valence-corrected chi connectivity index (χ1v) is 6.65. The second-order valence-corrected chi connectivity index (χ2v) is 5.54. The zero-order valence-corrected chi connectivity index (χ0v) is 10.8. The van der Waals surface area contributed by atoms with Crippen LogP contribution >= 0.6 is 43.6 Å². The molecule has 70 valence electrons. The van der Waals surface area contributed by atoms with Crippen molar-refractivity contribution in [2.75, 3.05) is 23.1 Å². The van der Waals surface area contributed by atoms with Crippen LogP contribution in [0, 0.1) is 0 Å². The van der Waals surface area contributed by atoms with Gasteiger partial charge in [0.15, 0.2) is 0 Å². The van der Waals surface area contributed by atoms with Gasteiger partial charge in [-0.25, -0.2) is 0 Å². The minimum atomic E-state index is 1.06. The molecule has 0 radical (unpaired) electrons. The van der Waals surface area contributed by atoms with Crippen LogP contribution in [0.3, 0.4) is 0 Å². The van der Waals surface area contributed by atoms with E-state index in [0.29, 0.717) is 0 Å². The summed E-state index contributed by atoms with van der Waals surface area (Å²) in [6, 6.07) is 0. The summed E-state index contributed by atoms with van der Waals surface area (Å²) in [5.41, 5.74) is 1.22. The molecule has 0 aromatic carbocycles. The van der Waals surface area contributed by atoms with Crippen LogP contribution in [-0.2, 0) is 0 Å². The molecular formula is C8H8Br2N2S. The zero-order chi connectivity index (χ0) is 9.26. The first-order chi connectivity index (χ1) is 6.29. The molecule has 0 spiro atoms. The molecule has 2 rings (SSSR count). The fraction of sp³-hybridized carbons (Fsp3) is 0.375. The minimum Gasteiger partial charge on any atom is -0.360 e. The molecule has 0 saturated carbocycles. The molecule has 1 aromatic heterocycles. The first-order valence-electron chi connectivity index (χ1n) is 3.91. The normalized spacial score (nSPS) is 16.6. The Bertz CT molecular complexity index is 293. The number of pyridine rings is 1. The summed E-state index contributed by atoms with van der Waals surface area (Å²) in [5.74, 6) is 2.28. The van der Waals surface area contributed by atoms with E-state index in [1.807, 2.05) is 24.2 Å². The molecule has 1 aromatic rings. The molecule has 0 amide bonds. The molecule has 1 saturated heterocycles. The summed E-state index contributed by atoms with van der Waals surface area (Å²) in [7, 11) is 0. The topological polar surface area (TPSA) is 16.1 Å². The van der Waals surface area contributed by atoms with E-state index >= 15 is 0 Å². The quantitative estimate of drug-likeness (QED) is 0.790. The summed E-state index contributed by atoms with van der Waals surface area (Å²) in [6.45, 7) is 1.12. The molecule has 0 aliphatic carbocycles. The van der Waals surface area contributed by atoms with E-state index in [4.69, 9.17) is 0 Å². The number of hydrogen-bond donors (Lipinski definition) is 0. The third-order valence-electron chi connectivity index (χ3n) is 1.90. The summed E-state index contributed by atoms with van der Waals surface area (Å²) in [5, 5.41) is 0. The van der Waals surface area contributed by atoms with Crippen LogP contribution in [0.5, 0.6) is 0 Å². The van der Waals surface area contributed by atoms with Crippen molar-refractivity contribution in [1.29, 1.82) is 0 Å². The lowest BCUT2D eigenvalue weighted by Gasteiger charge is -2.19. The Morgan fingerprint density at radius 3 is 2.54 bits per heavy atom. The van der Waals surface area contributed by atoms with Crippen LogP contribution in [0.1, 0.15) is 0 Å². The Morgan fingerprint density at radius 1 is 1.31 bits per heavy atom. The third-order valence-corrected chi connectivity index (χ3v) is 4.02. The highest BCUT2D eigenvalue weighted by molar-refractivity contribution is 9.11. The van der Waals surface area contributed by atoms with Crippen molar-refractivity contribution in [1.82, 2.24) is 4.98 Å². The van der Waals surface area contributed by atoms with Crippen LogP contribution < -0.4 is 4.90 Å². The number of thioether (sulfide) groups is 1. The van der Waals surface area contributed by atoms with Gasteiger partial charge in [0.1, 0.15) is 0 Å². The number of rotatable bonds is 1. The Labute approximate surface area is 98.4 Å². The summed E-state index contributed by atoms with van der Waals surface area (Å²) >= 11 is 8.99. The monoisotopic (exact) mass is 322 g/mol. The molecule has 0 bridgehead atoms. The maximum absolute atomic E-state index is 4.09. The highest BCUT2D eigenvalue weighted by atomic mass is 79.9. The van der Waals surface area contributed by atoms with E-state index in [1.54, 1.807) is 0 Å². The number of anilines is 1. The van der Waals surface area contributed by atoms with Crippen LogP contribution in [0.2, 0.25) is 0 Å². The number of nitrogens with zero attached hydrogens (tertiary/aromatic N) is 2. The van der Waals surface area contributed by atoms with Gasteiger partial charge < -0.3 is 4.90 Å². The molecular weight excluding hydrogens is 316 g/mol. The first kappa shape index (κ1) is 9.80. The smallest absolute Gasteiger partial charge is 0.0693 e. The molecule has 1 aliphatic heterocycles. The fourth-order valence-electron chi connectivity index (χ4n) is 1.30. The van der Waals surface area contributed by atoms with Crippen molar-refractivity contribution in [2.45, 2.75) is 0 Å². The molecule has 2 heterocycles. The van der Waals surface area contributed by atoms with Crippen LogP contribution in [-0.4, -0.2) is 23.2 Å². The molecule has 2 nitrogen and oxygen atoms in total. The van der Waals surface area contributed by atoms with Gasteiger partial charge in [-0.3, -0.25) is 4.98 Å². The predicted octanol–water partition coefficient (Wildman–Crippen LogP) is 3.12. The average Bonchev–Trinajstić information content (AvgIpc) is 2.57. The van der Waals surface area contributed by atoms with Gasteiger partial charge in [0, 0.05) is 24.7 Å². The lowest BCUT2D eigenvalue weighted by molar-refractivity contribution is 0.980. The van der Waals surface area contributed by atoms with E-state index in [9.17, 15) is 0 Å². The molecule has 1 fully saturated rings. The van der Waals surface area contributed by atoms with Crippen LogP contribution in [0.25, 0.3) is 0 Å². The van der Waals surface area contributed by atoms with E-state index in [2.05, 4.69) is 41.7 Å². The summed E-state index contributed by atoms with van der Waals surface area (Å²) in [4.78, 5) is 6.44. The van der Waals surface area contributed by atoms with Crippen molar-refractivity contribution in [3.63, 3.8) is 0 Å². The Hall–Kier alpha value is 0.260. The van der Waals surface area contributed by atoms with Crippen LogP contribution in [0.15, 0.2) is 21.3 Å². The Morgan fingerprint density at radius 2 is 2.00 bits per heavy atom. The fourth-order valence-corrected chi connectivity index (χ4v) is 3.69. The molecule has 0 atom stereocenters. The summed E-state index contributed by atoms with van der Waals surface area (Å²) < 4.78 is 2.12. The van der Waals surface area contributed by atoms with Crippen LogP contribution in [0.4, 0.5) is 5.69 Å². The molecule has 1 aliphatic rings. The zero-order valence-electron chi connectivity index (χ0n) is 6.83. The Kier molecular flexibility index (Phi) is 3.16. The van der Waals surface area contributed by atoms with Gasteiger partial charge in [0.2, 0.25) is 0 Å². The third kappa shape index (κ3) is 2.02. The lowest BCUT2D eigenvalue weighted by atomic mass is 10.4. The standard InChI is InChI=1S/C8H8Br2N2S/c9-6-3-11-4-7(10)8(6)12-1-2-13-5-12/h3-4H,1-2,5H2. The largest absolute Gasteiger partial charge is 0.360 e.